The van der Waals surface area contributed by atoms with Crippen LogP contribution in [0, 0.1) is 6.92 Å². The van der Waals surface area contributed by atoms with Gasteiger partial charge in [-0.1, -0.05) is 35.3 Å². The lowest BCUT2D eigenvalue weighted by Crippen LogP contribution is -1.86. The zero-order chi connectivity index (χ0) is 12.4. The highest BCUT2D eigenvalue weighted by Crippen LogP contribution is 2.30. The molecule has 2 rings (SSSR count). The lowest BCUT2D eigenvalue weighted by Gasteiger charge is -2.08. The van der Waals surface area contributed by atoms with Crippen LogP contribution in [0.4, 0.5) is 0 Å². The molecule has 0 atom stereocenters. The van der Waals surface area contributed by atoms with E-state index in [9.17, 15) is 0 Å². The Hall–Kier alpha value is -1.18. The number of aryl methyl sites for hydroxylation is 1. The average molecular weight is 267 g/mol. The zero-order valence-electron chi connectivity index (χ0n) is 9.63. The number of rotatable bonds is 2. The predicted molar refractivity (Wildman–Crippen MR) is 73.2 cm³/mol. The Bertz CT molecular complexity index is 550. The molecule has 0 aliphatic heterocycles. The van der Waals surface area contributed by atoms with E-state index in [2.05, 4.69) is 6.07 Å². The molecule has 17 heavy (non-hydrogen) atoms. The fourth-order valence-electron chi connectivity index (χ4n) is 1.71. The van der Waals surface area contributed by atoms with Crippen molar-refractivity contribution in [3.05, 3.63) is 52.0 Å². The fourth-order valence-corrected chi connectivity index (χ4v) is 2.01. The number of methoxy groups -OCH3 is 1. The van der Waals surface area contributed by atoms with Crippen molar-refractivity contribution in [2.75, 3.05) is 7.11 Å². The number of halogens is 2. The largest absolute Gasteiger partial charge is 0.497 e. The van der Waals surface area contributed by atoms with Crippen LogP contribution < -0.4 is 4.74 Å². The SMILES string of the molecule is COc1cc(C)cc(-c2ccc(Cl)c(Cl)c2)c1. The van der Waals surface area contributed by atoms with Crippen LogP contribution in [0.25, 0.3) is 11.1 Å². The Balaban J connectivity index is 2.52. The third kappa shape index (κ3) is 2.74. The minimum absolute atomic E-state index is 0.560. The van der Waals surface area contributed by atoms with Gasteiger partial charge in [0.1, 0.15) is 5.75 Å². The molecule has 0 fully saturated rings. The van der Waals surface area contributed by atoms with Gasteiger partial charge in [-0.15, -0.1) is 0 Å². The molecule has 0 amide bonds. The van der Waals surface area contributed by atoms with Gasteiger partial charge in [0.2, 0.25) is 0 Å². The van der Waals surface area contributed by atoms with Crippen molar-refractivity contribution < 1.29 is 4.74 Å². The molecule has 0 aliphatic carbocycles. The Kier molecular flexibility index (Phi) is 3.60. The number of hydrogen-bond donors (Lipinski definition) is 0. The van der Waals surface area contributed by atoms with E-state index in [0.717, 1.165) is 22.4 Å². The minimum atomic E-state index is 0.560. The summed E-state index contributed by atoms with van der Waals surface area (Å²) in [5.74, 6) is 0.839. The first-order valence-electron chi connectivity index (χ1n) is 5.21. The van der Waals surface area contributed by atoms with Gasteiger partial charge in [-0.3, -0.25) is 0 Å². The van der Waals surface area contributed by atoms with Gasteiger partial charge in [-0.25, -0.2) is 0 Å². The molecule has 0 spiro atoms. The van der Waals surface area contributed by atoms with Crippen LogP contribution in [0.15, 0.2) is 36.4 Å². The van der Waals surface area contributed by atoms with Gasteiger partial charge >= 0.3 is 0 Å². The molecule has 0 radical (unpaired) electrons. The Morgan fingerprint density at radius 1 is 0.882 bits per heavy atom. The summed E-state index contributed by atoms with van der Waals surface area (Å²) < 4.78 is 5.25. The van der Waals surface area contributed by atoms with E-state index in [0.29, 0.717) is 10.0 Å². The summed E-state index contributed by atoms with van der Waals surface area (Å²) in [4.78, 5) is 0. The van der Waals surface area contributed by atoms with Crippen LogP contribution in [0.2, 0.25) is 10.0 Å². The first-order chi connectivity index (χ1) is 8.10. The summed E-state index contributed by atoms with van der Waals surface area (Å²) in [5.41, 5.74) is 3.24. The monoisotopic (exact) mass is 266 g/mol. The van der Waals surface area contributed by atoms with Gasteiger partial charge in [0, 0.05) is 0 Å². The Morgan fingerprint density at radius 2 is 1.65 bits per heavy atom. The Labute approximate surface area is 111 Å². The molecule has 2 aromatic carbocycles. The van der Waals surface area contributed by atoms with Gasteiger partial charge in [0.05, 0.1) is 17.2 Å². The van der Waals surface area contributed by atoms with Gasteiger partial charge in [0.25, 0.3) is 0 Å². The van der Waals surface area contributed by atoms with E-state index in [1.165, 1.54) is 0 Å². The van der Waals surface area contributed by atoms with Gasteiger partial charge in [-0.2, -0.15) is 0 Å². The standard InChI is InChI=1S/C14H12Cl2O/c1-9-5-11(7-12(6-9)17-2)10-3-4-13(15)14(16)8-10/h3-8H,1-2H3. The molecule has 1 nitrogen and oxygen atoms in total. The first-order valence-corrected chi connectivity index (χ1v) is 5.97. The molecule has 0 aliphatic rings. The quantitative estimate of drug-likeness (QED) is 0.745. The first kappa shape index (κ1) is 12.3. The summed E-state index contributed by atoms with van der Waals surface area (Å²) >= 11 is 11.9. The zero-order valence-corrected chi connectivity index (χ0v) is 11.1. The summed E-state index contributed by atoms with van der Waals surface area (Å²) in [6, 6.07) is 11.7. The maximum Gasteiger partial charge on any atom is 0.119 e. The second-order valence-corrected chi connectivity index (χ2v) is 4.68. The number of benzene rings is 2. The number of hydrogen-bond acceptors (Lipinski definition) is 1. The molecule has 88 valence electrons. The van der Waals surface area contributed by atoms with E-state index in [4.69, 9.17) is 27.9 Å². The lowest BCUT2D eigenvalue weighted by molar-refractivity contribution is 0.414. The van der Waals surface area contributed by atoms with E-state index in [1.54, 1.807) is 13.2 Å². The third-order valence-corrected chi connectivity index (χ3v) is 3.28. The van der Waals surface area contributed by atoms with Crippen molar-refractivity contribution in [2.45, 2.75) is 6.92 Å². The van der Waals surface area contributed by atoms with Gasteiger partial charge < -0.3 is 4.74 Å². The normalized spacial score (nSPS) is 10.4. The topological polar surface area (TPSA) is 9.23 Å². The molecule has 2 aromatic rings. The lowest BCUT2D eigenvalue weighted by atomic mass is 10.0. The van der Waals surface area contributed by atoms with Crippen molar-refractivity contribution in [1.29, 1.82) is 0 Å². The van der Waals surface area contributed by atoms with Crippen molar-refractivity contribution in [3.8, 4) is 16.9 Å². The highest BCUT2D eigenvalue weighted by Gasteiger charge is 2.04. The Morgan fingerprint density at radius 3 is 2.29 bits per heavy atom. The molecule has 0 unspecified atom stereocenters. The third-order valence-electron chi connectivity index (χ3n) is 2.54. The predicted octanol–water partition coefficient (Wildman–Crippen LogP) is 4.98. The van der Waals surface area contributed by atoms with Crippen LogP contribution in [0.3, 0.4) is 0 Å². The number of ether oxygens (including phenoxy) is 1. The summed E-state index contributed by atoms with van der Waals surface area (Å²) in [7, 11) is 1.66. The van der Waals surface area contributed by atoms with E-state index >= 15 is 0 Å². The van der Waals surface area contributed by atoms with Crippen LogP contribution >= 0.6 is 23.2 Å². The van der Waals surface area contributed by atoms with Gasteiger partial charge in [-0.05, 0) is 47.9 Å². The van der Waals surface area contributed by atoms with E-state index < -0.39 is 0 Å². The van der Waals surface area contributed by atoms with Crippen molar-refractivity contribution >= 4 is 23.2 Å². The molecular weight excluding hydrogens is 255 g/mol. The van der Waals surface area contributed by atoms with Crippen LogP contribution in [0.1, 0.15) is 5.56 Å². The van der Waals surface area contributed by atoms with E-state index in [-0.39, 0.29) is 0 Å². The molecule has 0 saturated carbocycles. The second kappa shape index (κ2) is 4.99. The van der Waals surface area contributed by atoms with Crippen molar-refractivity contribution in [1.82, 2.24) is 0 Å². The minimum Gasteiger partial charge on any atom is -0.497 e. The maximum atomic E-state index is 6.01. The highest BCUT2D eigenvalue weighted by atomic mass is 35.5. The van der Waals surface area contributed by atoms with Crippen molar-refractivity contribution in [3.63, 3.8) is 0 Å². The van der Waals surface area contributed by atoms with Crippen molar-refractivity contribution in [2.24, 2.45) is 0 Å². The molecule has 0 saturated heterocycles. The molecule has 3 heteroatoms. The molecule has 0 N–H and O–H groups in total. The smallest absolute Gasteiger partial charge is 0.119 e. The summed E-state index contributed by atoms with van der Waals surface area (Å²) in [6.45, 7) is 2.03. The maximum absolute atomic E-state index is 6.01. The van der Waals surface area contributed by atoms with Gasteiger partial charge in [0.15, 0.2) is 0 Å². The van der Waals surface area contributed by atoms with Crippen LogP contribution in [0.5, 0.6) is 5.75 Å². The molecule has 0 aromatic heterocycles. The van der Waals surface area contributed by atoms with Crippen LogP contribution in [-0.2, 0) is 0 Å². The summed E-state index contributed by atoms with van der Waals surface area (Å²) in [6.07, 6.45) is 0. The molecule has 0 heterocycles. The second-order valence-electron chi connectivity index (χ2n) is 3.87. The molecule has 0 bridgehead atoms. The van der Waals surface area contributed by atoms with E-state index in [1.807, 2.05) is 31.2 Å². The fraction of sp³-hybridized carbons (Fsp3) is 0.143. The average Bonchev–Trinajstić information content (AvgIpc) is 2.32. The summed E-state index contributed by atoms with van der Waals surface area (Å²) in [5, 5.41) is 1.12. The molecular formula is C14H12Cl2O. The highest BCUT2D eigenvalue weighted by molar-refractivity contribution is 6.42. The van der Waals surface area contributed by atoms with Crippen LogP contribution in [-0.4, -0.2) is 7.11 Å².